The van der Waals surface area contributed by atoms with Gasteiger partial charge in [-0.15, -0.1) is 0 Å². The fourth-order valence-electron chi connectivity index (χ4n) is 3.08. The molecule has 3 rings (SSSR count). The van der Waals surface area contributed by atoms with Gasteiger partial charge in [0.25, 0.3) is 5.91 Å². The first kappa shape index (κ1) is 15.8. The molecule has 1 aromatic carbocycles. The van der Waals surface area contributed by atoms with Gasteiger partial charge in [0, 0.05) is 25.2 Å². The summed E-state index contributed by atoms with van der Waals surface area (Å²) < 4.78 is 4.85. The number of piperidine rings is 1. The number of nitrogens with one attached hydrogen (secondary N) is 2. The van der Waals surface area contributed by atoms with Gasteiger partial charge in [-0.1, -0.05) is 12.1 Å². The topological polar surface area (TPSA) is 70.7 Å². The summed E-state index contributed by atoms with van der Waals surface area (Å²) in [4.78, 5) is 25.0. The summed E-state index contributed by atoms with van der Waals surface area (Å²) in [5, 5.41) is 6.25. The van der Waals surface area contributed by atoms with E-state index in [1.54, 1.807) is 4.90 Å². The van der Waals surface area contributed by atoms with Crippen molar-refractivity contribution in [1.82, 2.24) is 15.5 Å². The highest BCUT2D eigenvalue weighted by atomic mass is 16.6. The van der Waals surface area contributed by atoms with Crippen LogP contribution in [0, 0.1) is 0 Å². The molecule has 0 unspecified atom stereocenters. The van der Waals surface area contributed by atoms with E-state index in [0.717, 1.165) is 13.1 Å². The summed E-state index contributed by atoms with van der Waals surface area (Å²) in [6, 6.07) is 7.85. The first-order valence-electron chi connectivity index (χ1n) is 8.24. The zero-order valence-corrected chi connectivity index (χ0v) is 13.2. The quantitative estimate of drug-likeness (QED) is 0.860. The van der Waals surface area contributed by atoms with E-state index in [0.29, 0.717) is 37.7 Å². The fraction of sp³-hybridized carbons (Fsp3) is 0.529. The van der Waals surface area contributed by atoms with Crippen molar-refractivity contribution in [2.45, 2.75) is 18.8 Å². The molecule has 2 saturated heterocycles. The lowest BCUT2D eigenvalue weighted by molar-refractivity contribution is 0.0948. The Morgan fingerprint density at radius 3 is 2.83 bits per heavy atom. The zero-order chi connectivity index (χ0) is 16.1. The van der Waals surface area contributed by atoms with E-state index >= 15 is 0 Å². The van der Waals surface area contributed by atoms with Gasteiger partial charge in [0.05, 0.1) is 6.54 Å². The molecule has 2 heterocycles. The third-order valence-electron chi connectivity index (χ3n) is 4.45. The lowest BCUT2D eigenvalue weighted by Gasteiger charge is -2.23. The van der Waals surface area contributed by atoms with Gasteiger partial charge in [0.15, 0.2) is 0 Å². The Morgan fingerprint density at radius 2 is 2.17 bits per heavy atom. The van der Waals surface area contributed by atoms with Gasteiger partial charge in [0.2, 0.25) is 0 Å². The lowest BCUT2D eigenvalue weighted by Crippen LogP contribution is -2.35. The molecule has 0 aromatic heterocycles. The van der Waals surface area contributed by atoms with Crippen LogP contribution in [-0.2, 0) is 4.74 Å². The van der Waals surface area contributed by atoms with Gasteiger partial charge >= 0.3 is 6.09 Å². The summed E-state index contributed by atoms with van der Waals surface area (Å²) in [5.74, 6) is 0.438. The number of ether oxygens (including phenoxy) is 1. The second-order valence-electron chi connectivity index (χ2n) is 6.02. The third-order valence-corrected chi connectivity index (χ3v) is 4.45. The molecular weight excluding hydrogens is 294 g/mol. The van der Waals surface area contributed by atoms with Crippen molar-refractivity contribution in [3.05, 3.63) is 35.4 Å². The predicted octanol–water partition coefficient (Wildman–Crippen LogP) is 1.34. The molecule has 1 aromatic rings. The summed E-state index contributed by atoms with van der Waals surface area (Å²) in [7, 11) is 0. The monoisotopic (exact) mass is 317 g/mol. The number of carbonyl (C=O) groups excluding carboxylic acids is 2. The number of benzene rings is 1. The molecule has 2 aliphatic heterocycles. The Hall–Kier alpha value is -2.08. The summed E-state index contributed by atoms with van der Waals surface area (Å²) >= 11 is 0. The van der Waals surface area contributed by atoms with Crippen LogP contribution in [0.1, 0.15) is 34.7 Å². The van der Waals surface area contributed by atoms with Crippen molar-refractivity contribution in [2.24, 2.45) is 0 Å². The molecule has 2 aliphatic rings. The Kier molecular flexibility index (Phi) is 5.12. The maximum absolute atomic E-state index is 12.1. The number of cyclic esters (lactones) is 1. The largest absolute Gasteiger partial charge is 0.448 e. The molecule has 6 nitrogen and oxygen atoms in total. The average Bonchev–Trinajstić information content (AvgIpc) is 3.01. The minimum absolute atomic E-state index is 0.106. The number of nitrogens with zero attached hydrogens (tertiary/aromatic N) is 1. The van der Waals surface area contributed by atoms with E-state index in [2.05, 4.69) is 10.6 Å². The molecule has 124 valence electrons. The van der Waals surface area contributed by atoms with Crippen molar-refractivity contribution < 1.29 is 14.3 Å². The lowest BCUT2D eigenvalue weighted by atomic mass is 9.91. The van der Waals surface area contributed by atoms with Crippen molar-refractivity contribution in [3.8, 4) is 0 Å². The van der Waals surface area contributed by atoms with Crippen LogP contribution in [0.25, 0.3) is 0 Å². The molecule has 0 saturated carbocycles. The summed E-state index contributed by atoms with van der Waals surface area (Å²) in [5.41, 5.74) is 1.94. The molecule has 1 atom stereocenters. The molecule has 0 bridgehead atoms. The second-order valence-corrected chi connectivity index (χ2v) is 6.02. The van der Waals surface area contributed by atoms with E-state index in [9.17, 15) is 9.59 Å². The molecule has 6 heteroatoms. The van der Waals surface area contributed by atoms with Crippen LogP contribution in [0.5, 0.6) is 0 Å². The maximum Gasteiger partial charge on any atom is 0.409 e. The van der Waals surface area contributed by atoms with Crippen molar-refractivity contribution >= 4 is 12.0 Å². The van der Waals surface area contributed by atoms with Crippen LogP contribution in [0.4, 0.5) is 4.79 Å². The molecule has 23 heavy (non-hydrogen) atoms. The normalized spacial score (nSPS) is 21.1. The molecule has 0 spiro atoms. The number of hydrogen-bond acceptors (Lipinski definition) is 4. The molecule has 0 radical (unpaired) electrons. The minimum atomic E-state index is -0.301. The summed E-state index contributed by atoms with van der Waals surface area (Å²) in [6.07, 6.45) is 2.10. The van der Waals surface area contributed by atoms with Crippen LogP contribution < -0.4 is 10.6 Å². The minimum Gasteiger partial charge on any atom is -0.448 e. The highest BCUT2D eigenvalue weighted by molar-refractivity contribution is 5.94. The maximum atomic E-state index is 12.1. The Labute approximate surface area is 136 Å². The average molecular weight is 317 g/mol. The highest BCUT2D eigenvalue weighted by Crippen LogP contribution is 2.23. The predicted molar refractivity (Wildman–Crippen MR) is 86.5 cm³/mol. The number of amides is 2. The van der Waals surface area contributed by atoms with Gasteiger partial charge in [-0.3, -0.25) is 4.79 Å². The van der Waals surface area contributed by atoms with Gasteiger partial charge < -0.3 is 20.3 Å². The SMILES string of the molecule is O=C(NCCN1CCOC1=O)c1ccc([C@@H]2CCCNC2)cc1. The van der Waals surface area contributed by atoms with E-state index < -0.39 is 0 Å². The Morgan fingerprint density at radius 1 is 1.35 bits per heavy atom. The smallest absolute Gasteiger partial charge is 0.409 e. The van der Waals surface area contributed by atoms with Crippen LogP contribution >= 0.6 is 0 Å². The summed E-state index contributed by atoms with van der Waals surface area (Å²) in [6.45, 7) is 4.06. The highest BCUT2D eigenvalue weighted by Gasteiger charge is 2.21. The first-order chi connectivity index (χ1) is 11.2. The van der Waals surface area contributed by atoms with E-state index in [1.807, 2.05) is 24.3 Å². The van der Waals surface area contributed by atoms with E-state index in [-0.39, 0.29) is 12.0 Å². The van der Waals surface area contributed by atoms with E-state index in [4.69, 9.17) is 4.74 Å². The van der Waals surface area contributed by atoms with Crippen LogP contribution in [0.15, 0.2) is 24.3 Å². The molecule has 2 fully saturated rings. The van der Waals surface area contributed by atoms with Gasteiger partial charge in [-0.25, -0.2) is 4.79 Å². The van der Waals surface area contributed by atoms with Gasteiger partial charge in [0.1, 0.15) is 6.61 Å². The number of hydrogen-bond donors (Lipinski definition) is 2. The zero-order valence-electron chi connectivity index (χ0n) is 13.2. The molecular formula is C17H23N3O3. The first-order valence-corrected chi connectivity index (χ1v) is 8.24. The molecule has 0 aliphatic carbocycles. The molecule has 2 amide bonds. The Balaban J connectivity index is 1.48. The van der Waals surface area contributed by atoms with Gasteiger partial charge in [-0.2, -0.15) is 0 Å². The Bertz CT molecular complexity index is 553. The van der Waals surface area contributed by atoms with Crippen molar-refractivity contribution in [1.29, 1.82) is 0 Å². The van der Waals surface area contributed by atoms with Gasteiger partial charge in [-0.05, 0) is 43.0 Å². The molecule has 2 N–H and O–H groups in total. The third kappa shape index (κ3) is 4.01. The van der Waals surface area contributed by atoms with Crippen LogP contribution in [0.3, 0.4) is 0 Å². The fourth-order valence-corrected chi connectivity index (χ4v) is 3.08. The van der Waals surface area contributed by atoms with Crippen LogP contribution in [0.2, 0.25) is 0 Å². The standard InChI is InChI=1S/C17H23N3O3/c21-16(19-8-9-20-10-11-23-17(20)22)14-5-3-13(4-6-14)15-2-1-7-18-12-15/h3-6,15,18H,1-2,7-12H2,(H,19,21)/t15-/m1/s1. The van der Waals surface area contributed by atoms with E-state index in [1.165, 1.54) is 18.4 Å². The second kappa shape index (κ2) is 7.46. The van der Waals surface area contributed by atoms with Crippen LogP contribution in [-0.4, -0.2) is 56.2 Å². The number of carbonyl (C=O) groups is 2. The number of rotatable bonds is 5. The van der Waals surface area contributed by atoms with Crippen molar-refractivity contribution in [2.75, 3.05) is 39.3 Å². The van der Waals surface area contributed by atoms with Crippen molar-refractivity contribution in [3.63, 3.8) is 0 Å².